The zero-order valence-electron chi connectivity index (χ0n) is 7.93. The fourth-order valence-corrected chi connectivity index (χ4v) is 1.34. The largest absolute Gasteiger partial charge is 0.330 e. The molecule has 1 heterocycles. The van der Waals surface area contributed by atoms with Gasteiger partial charge in [0.05, 0.1) is 10.8 Å². The summed E-state index contributed by atoms with van der Waals surface area (Å²) in [5, 5.41) is 14.1. The molecular weight excluding hydrogens is 210 g/mol. The second-order valence-corrected chi connectivity index (χ2v) is 2.97. The monoisotopic (exact) mass is 220 g/mol. The van der Waals surface area contributed by atoms with Gasteiger partial charge in [-0.1, -0.05) is 0 Å². The van der Waals surface area contributed by atoms with Crippen molar-refractivity contribution >= 4 is 5.69 Å². The van der Waals surface area contributed by atoms with Crippen LogP contribution in [-0.2, 0) is 7.05 Å². The molecule has 1 aromatic heterocycles. The van der Waals surface area contributed by atoms with E-state index in [4.69, 9.17) is 5.73 Å². The van der Waals surface area contributed by atoms with Crippen LogP contribution in [0, 0.1) is 10.1 Å². The Morgan fingerprint density at radius 3 is 2.73 bits per heavy atom. The highest BCUT2D eigenvalue weighted by molar-refractivity contribution is 5.36. The van der Waals surface area contributed by atoms with Crippen molar-refractivity contribution in [2.45, 2.75) is 12.3 Å². The van der Waals surface area contributed by atoms with Gasteiger partial charge < -0.3 is 5.73 Å². The van der Waals surface area contributed by atoms with Crippen molar-refractivity contribution in [3.63, 3.8) is 0 Å². The molecule has 0 aliphatic rings. The van der Waals surface area contributed by atoms with Gasteiger partial charge in [-0.3, -0.25) is 14.8 Å². The normalized spacial score (nSPS) is 13.1. The van der Waals surface area contributed by atoms with Gasteiger partial charge in [0.1, 0.15) is 11.9 Å². The minimum Gasteiger partial charge on any atom is -0.330 e. The molecule has 0 fully saturated rings. The van der Waals surface area contributed by atoms with Crippen molar-refractivity contribution < 1.29 is 13.7 Å². The molecule has 2 N–H and O–H groups in total. The number of aryl methyl sites for hydroxylation is 1. The molecule has 1 atom stereocenters. The third-order valence-electron chi connectivity index (χ3n) is 2.07. The van der Waals surface area contributed by atoms with E-state index in [2.05, 4.69) is 5.10 Å². The summed E-state index contributed by atoms with van der Waals surface area (Å²) >= 11 is 0. The first kappa shape index (κ1) is 11.5. The maximum absolute atomic E-state index is 12.5. The lowest BCUT2D eigenvalue weighted by Gasteiger charge is -2.12. The number of nitrogens with two attached hydrogens (primary N) is 1. The summed E-state index contributed by atoms with van der Waals surface area (Å²) in [6.45, 7) is -0.363. The van der Waals surface area contributed by atoms with Gasteiger partial charge in [0.2, 0.25) is 6.43 Å². The van der Waals surface area contributed by atoms with Gasteiger partial charge in [0.15, 0.2) is 0 Å². The van der Waals surface area contributed by atoms with Gasteiger partial charge >= 0.3 is 5.69 Å². The maximum atomic E-state index is 12.5. The highest BCUT2D eigenvalue weighted by Gasteiger charge is 2.32. The fraction of sp³-hybridized carbons (Fsp3) is 0.571. The molecule has 1 unspecified atom stereocenters. The SMILES string of the molecule is Cn1ncc([N+](=O)[O-])c1C(CN)C(F)F. The summed E-state index contributed by atoms with van der Waals surface area (Å²) in [5.41, 5.74) is 4.60. The van der Waals surface area contributed by atoms with Crippen molar-refractivity contribution in [3.8, 4) is 0 Å². The van der Waals surface area contributed by atoms with E-state index in [1.54, 1.807) is 0 Å². The lowest BCUT2D eigenvalue weighted by Crippen LogP contribution is -2.23. The lowest BCUT2D eigenvalue weighted by molar-refractivity contribution is -0.386. The number of halogens is 2. The average molecular weight is 220 g/mol. The van der Waals surface area contributed by atoms with Crippen molar-refractivity contribution in [3.05, 3.63) is 22.0 Å². The van der Waals surface area contributed by atoms with Crippen LogP contribution in [0.1, 0.15) is 11.6 Å². The van der Waals surface area contributed by atoms with Crippen LogP contribution in [-0.4, -0.2) is 27.7 Å². The second-order valence-electron chi connectivity index (χ2n) is 2.97. The van der Waals surface area contributed by atoms with E-state index in [0.29, 0.717) is 0 Å². The van der Waals surface area contributed by atoms with E-state index in [0.717, 1.165) is 10.9 Å². The Bertz CT molecular complexity index is 366. The predicted molar refractivity (Wildman–Crippen MR) is 47.7 cm³/mol. The van der Waals surface area contributed by atoms with Crippen LogP contribution in [0.25, 0.3) is 0 Å². The van der Waals surface area contributed by atoms with Gasteiger partial charge in [-0.25, -0.2) is 8.78 Å². The number of alkyl halides is 2. The summed E-state index contributed by atoms with van der Waals surface area (Å²) in [5.74, 6) is -1.36. The molecule has 0 amide bonds. The second kappa shape index (κ2) is 4.30. The van der Waals surface area contributed by atoms with Crippen LogP contribution in [0.2, 0.25) is 0 Å². The van der Waals surface area contributed by atoms with Crippen LogP contribution in [0.5, 0.6) is 0 Å². The zero-order valence-corrected chi connectivity index (χ0v) is 7.93. The van der Waals surface area contributed by atoms with Crippen molar-refractivity contribution in [2.75, 3.05) is 6.54 Å². The summed E-state index contributed by atoms with van der Waals surface area (Å²) in [6, 6.07) is 0. The molecule has 0 bridgehead atoms. The molecule has 84 valence electrons. The first-order valence-electron chi connectivity index (χ1n) is 4.13. The Morgan fingerprint density at radius 1 is 1.73 bits per heavy atom. The highest BCUT2D eigenvalue weighted by atomic mass is 19.3. The van der Waals surface area contributed by atoms with E-state index in [1.807, 2.05) is 0 Å². The Kier molecular flexibility index (Phi) is 3.30. The summed E-state index contributed by atoms with van der Waals surface area (Å²) < 4.78 is 26.1. The van der Waals surface area contributed by atoms with Crippen LogP contribution in [0.3, 0.4) is 0 Å². The summed E-state index contributed by atoms with van der Waals surface area (Å²) in [7, 11) is 1.37. The first-order chi connectivity index (χ1) is 6.99. The van der Waals surface area contributed by atoms with Gasteiger partial charge in [0.25, 0.3) is 0 Å². The number of hydrogen-bond acceptors (Lipinski definition) is 4. The van der Waals surface area contributed by atoms with E-state index in [9.17, 15) is 18.9 Å². The minimum atomic E-state index is -2.75. The van der Waals surface area contributed by atoms with Crippen LogP contribution >= 0.6 is 0 Å². The zero-order chi connectivity index (χ0) is 11.6. The molecule has 0 saturated carbocycles. The van der Waals surface area contributed by atoms with Gasteiger partial charge in [0, 0.05) is 13.6 Å². The number of aromatic nitrogens is 2. The number of rotatable bonds is 4. The van der Waals surface area contributed by atoms with E-state index >= 15 is 0 Å². The highest BCUT2D eigenvalue weighted by Crippen LogP contribution is 2.29. The van der Waals surface area contributed by atoms with Gasteiger partial charge in [-0.2, -0.15) is 5.10 Å². The molecule has 0 aliphatic carbocycles. The molecule has 0 aliphatic heterocycles. The van der Waals surface area contributed by atoms with Crippen molar-refractivity contribution in [2.24, 2.45) is 12.8 Å². The van der Waals surface area contributed by atoms with E-state index in [1.165, 1.54) is 7.05 Å². The van der Waals surface area contributed by atoms with Gasteiger partial charge in [-0.15, -0.1) is 0 Å². The third-order valence-corrected chi connectivity index (χ3v) is 2.07. The van der Waals surface area contributed by atoms with E-state index < -0.39 is 23.0 Å². The van der Waals surface area contributed by atoms with E-state index in [-0.39, 0.29) is 12.2 Å². The molecule has 0 saturated heterocycles. The summed E-state index contributed by atoms with van der Waals surface area (Å²) in [4.78, 5) is 9.80. The first-order valence-corrected chi connectivity index (χ1v) is 4.13. The molecule has 8 heteroatoms. The Labute approximate surface area is 83.8 Å². The standard InChI is InChI=1S/C7H10F2N4O2/c1-12-6(4(2-10)7(8)9)5(3-11-12)13(14)15/h3-4,7H,2,10H2,1H3. The quantitative estimate of drug-likeness (QED) is 0.595. The minimum absolute atomic E-state index is 0.141. The molecule has 1 aromatic rings. The molecule has 0 spiro atoms. The topological polar surface area (TPSA) is 87.0 Å². The van der Waals surface area contributed by atoms with Crippen molar-refractivity contribution in [1.82, 2.24) is 9.78 Å². The average Bonchev–Trinajstić information content (AvgIpc) is 2.49. The van der Waals surface area contributed by atoms with Gasteiger partial charge in [-0.05, 0) is 0 Å². The van der Waals surface area contributed by atoms with Crippen molar-refractivity contribution in [1.29, 1.82) is 0 Å². The molecule has 1 rings (SSSR count). The molecule has 0 aromatic carbocycles. The Hall–Kier alpha value is -1.57. The lowest BCUT2D eigenvalue weighted by atomic mass is 10.1. The molecule has 0 radical (unpaired) electrons. The summed E-state index contributed by atoms with van der Waals surface area (Å²) in [6.07, 6.45) is -1.80. The molecular formula is C7H10F2N4O2. The van der Waals surface area contributed by atoms with Crippen LogP contribution < -0.4 is 5.73 Å². The molecule has 15 heavy (non-hydrogen) atoms. The third kappa shape index (κ3) is 2.09. The van der Waals surface area contributed by atoms with Crippen LogP contribution in [0.15, 0.2) is 6.20 Å². The Morgan fingerprint density at radius 2 is 2.33 bits per heavy atom. The Balaban J connectivity index is 3.20. The number of hydrogen-bond donors (Lipinski definition) is 1. The smallest absolute Gasteiger partial charge is 0.310 e. The number of nitrogens with zero attached hydrogens (tertiary/aromatic N) is 3. The predicted octanol–water partition coefficient (Wildman–Crippen LogP) is 0.636. The molecule has 6 nitrogen and oxygen atoms in total. The number of nitro groups is 1. The fourth-order valence-electron chi connectivity index (χ4n) is 1.34. The maximum Gasteiger partial charge on any atom is 0.310 e. The van der Waals surface area contributed by atoms with Crippen LogP contribution in [0.4, 0.5) is 14.5 Å².